The van der Waals surface area contributed by atoms with Gasteiger partial charge in [0.25, 0.3) is 0 Å². The van der Waals surface area contributed by atoms with Gasteiger partial charge in [0.05, 0.1) is 17.0 Å². The van der Waals surface area contributed by atoms with Crippen LogP contribution in [-0.2, 0) is 26.0 Å². The molecule has 0 amide bonds. The van der Waals surface area contributed by atoms with E-state index in [1.807, 2.05) is 18.0 Å². The van der Waals surface area contributed by atoms with E-state index >= 15 is 0 Å². The number of aromatic hydroxyl groups is 1. The molecule has 10 nitrogen and oxygen atoms in total. The molecule has 2 aromatic rings. The fourth-order valence-corrected chi connectivity index (χ4v) is 7.39. The number of nitrogens with one attached hydrogen (secondary N) is 2. The Labute approximate surface area is 221 Å². The molecule has 3 aliphatic rings. The fraction of sp³-hybridized carbons (Fsp3) is 0.520. The smallest absolute Gasteiger partial charge is 0.248 e. The Morgan fingerprint density at radius 2 is 1.76 bits per heavy atom. The number of piperazine rings is 1. The number of sulfonamides is 1. The number of nitrogens with zero attached hydrogens (tertiary/aromatic N) is 2. The molecule has 1 aromatic heterocycles. The van der Waals surface area contributed by atoms with E-state index in [0.717, 1.165) is 24.2 Å². The highest BCUT2D eigenvalue weighted by molar-refractivity contribution is 7.89. The number of phenols is 1. The van der Waals surface area contributed by atoms with Crippen LogP contribution in [0.2, 0.25) is 5.02 Å². The molecule has 12 heteroatoms. The van der Waals surface area contributed by atoms with Crippen LogP contribution in [0.3, 0.4) is 0 Å². The van der Waals surface area contributed by atoms with Crippen LogP contribution in [-0.4, -0.2) is 79.6 Å². The van der Waals surface area contributed by atoms with Crippen molar-refractivity contribution in [2.75, 3.05) is 38.5 Å². The number of phenolic OH excluding ortho intramolecular Hbond substituents is 1. The van der Waals surface area contributed by atoms with Gasteiger partial charge in [0.1, 0.15) is 22.7 Å². The third-order valence-electron chi connectivity index (χ3n) is 7.81. The lowest BCUT2D eigenvalue weighted by atomic mass is 9.71. The van der Waals surface area contributed by atoms with Crippen molar-refractivity contribution >= 4 is 38.9 Å². The summed E-state index contributed by atoms with van der Waals surface area (Å²) in [5, 5.41) is 17.1. The van der Waals surface area contributed by atoms with Gasteiger partial charge < -0.3 is 19.7 Å². The first-order chi connectivity index (χ1) is 17.4. The Balaban J connectivity index is 1.41. The summed E-state index contributed by atoms with van der Waals surface area (Å²) in [6, 6.07) is 2.58. The number of carbonyl (C=O) groups excluding carboxylic acids is 2. The van der Waals surface area contributed by atoms with E-state index in [9.17, 15) is 23.1 Å². The maximum Gasteiger partial charge on any atom is 0.248 e. The van der Waals surface area contributed by atoms with E-state index in [1.165, 1.54) is 16.4 Å². The summed E-state index contributed by atoms with van der Waals surface area (Å²) in [7, 11) is -2.19. The summed E-state index contributed by atoms with van der Waals surface area (Å²) in [4.78, 5) is 26.8. The second kappa shape index (κ2) is 9.39. The van der Waals surface area contributed by atoms with Gasteiger partial charge in [-0.2, -0.15) is 4.31 Å². The first-order valence-corrected chi connectivity index (χ1v) is 14.1. The maximum atomic E-state index is 13.4. The zero-order valence-electron chi connectivity index (χ0n) is 21.0. The molecule has 1 aromatic carbocycles. The molecule has 3 atom stereocenters. The van der Waals surface area contributed by atoms with E-state index < -0.39 is 44.3 Å². The number of carbonyl (C=O) groups is 2. The van der Waals surface area contributed by atoms with Crippen molar-refractivity contribution in [3.8, 4) is 5.75 Å². The van der Waals surface area contributed by atoms with Crippen LogP contribution in [0.4, 0.5) is 5.69 Å². The van der Waals surface area contributed by atoms with Gasteiger partial charge in [-0.15, -0.1) is 0 Å². The molecule has 2 aliphatic carbocycles. The highest BCUT2D eigenvalue weighted by Crippen LogP contribution is 2.45. The molecule has 2 heterocycles. The Morgan fingerprint density at radius 1 is 1.08 bits per heavy atom. The molecule has 1 saturated carbocycles. The molecule has 0 radical (unpaired) electrons. The molecule has 2 fully saturated rings. The van der Waals surface area contributed by atoms with Gasteiger partial charge in [-0.3, -0.25) is 14.9 Å². The molecule has 37 heavy (non-hydrogen) atoms. The second-order valence-electron chi connectivity index (χ2n) is 10.7. The first kappa shape index (κ1) is 26.2. The normalized spacial score (nSPS) is 26.5. The molecule has 3 N–H and O–H groups in total. The Hall–Kier alpha value is -2.44. The van der Waals surface area contributed by atoms with Crippen LogP contribution < -0.4 is 10.6 Å². The van der Waals surface area contributed by atoms with Crippen LogP contribution in [0.1, 0.15) is 37.6 Å². The van der Waals surface area contributed by atoms with Gasteiger partial charge in [0, 0.05) is 44.2 Å². The predicted octanol–water partition coefficient (Wildman–Crippen LogP) is 2.18. The third-order valence-corrected chi connectivity index (χ3v) is 10.2. The van der Waals surface area contributed by atoms with Crippen LogP contribution in [0, 0.1) is 5.41 Å². The number of hydrogen-bond acceptors (Lipinski definition) is 9. The minimum atomic E-state index is -4.09. The number of anilines is 1. The maximum absolute atomic E-state index is 13.4. The SMILES string of the molecule is CN1CCN(S(=O)(=O)c2c(Cl)ccc(NC3C(=O)C(=O)C3NC3c4ccoc4CCC3(C)C)c2O)CC1. The van der Waals surface area contributed by atoms with E-state index in [0.29, 0.717) is 13.1 Å². The van der Waals surface area contributed by atoms with Gasteiger partial charge in [-0.05, 0) is 37.1 Å². The van der Waals surface area contributed by atoms with Gasteiger partial charge in [0.15, 0.2) is 5.75 Å². The minimum Gasteiger partial charge on any atom is -0.504 e. The molecule has 0 bridgehead atoms. The Morgan fingerprint density at radius 3 is 2.46 bits per heavy atom. The topological polar surface area (TPSA) is 132 Å². The number of ketones is 2. The lowest BCUT2D eigenvalue weighted by Gasteiger charge is -2.44. The number of hydrogen-bond donors (Lipinski definition) is 3. The highest BCUT2D eigenvalue weighted by atomic mass is 35.5. The molecule has 0 spiro atoms. The average Bonchev–Trinajstić information content (AvgIpc) is 3.32. The third kappa shape index (κ3) is 4.46. The van der Waals surface area contributed by atoms with Crippen molar-refractivity contribution in [2.24, 2.45) is 5.41 Å². The Bertz CT molecular complexity index is 1350. The summed E-state index contributed by atoms with van der Waals surface area (Å²) >= 11 is 6.25. The zero-order chi connectivity index (χ0) is 26.7. The number of furan rings is 1. The monoisotopic (exact) mass is 550 g/mol. The van der Waals surface area contributed by atoms with Crippen molar-refractivity contribution in [3.05, 3.63) is 40.8 Å². The molecular formula is C25H31ClN4O6S. The van der Waals surface area contributed by atoms with Crippen molar-refractivity contribution in [1.82, 2.24) is 14.5 Å². The largest absolute Gasteiger partial charge is 0.504 e. The highest BCUT2D eigenvalue weighted by Gasteiger charge is 2.52. The predicted molar refractivity (Wildman–Crippen MR) is 137 cm³/mol. The molecule has 5 rings (SSSR count). The van der Waals surface area contributed by atoms with Crippen LogP contribution in [0.5, 0.6) is 5.75 Å². The van der Waals surface area contributed by atoms with Crippen molar-refractivity contribution < 1.29 is 27.5 Å². The fourth-order valence-electron chi connectivity index (χ4n) is 5.37. The average molecular weight is 551 g/mol. The number of benzene rings is 1. The van der Waals surface area contributed by atoms with Crippen molar-refractivity contribution in [1.29, 1.82) is 0 Å². The number of aryl methyl sites for hydroxylation is 1. The van der Waals surface area contributed by atoms with E-state index in [2.05, 4.69) is 24.5 Å². The first-order valence-electron chi connectivity index (χ1n) is 12.3. The standard InChI is InChI=1S/C25H31ClN4O6S/c1-25(2)8-6-17-14(7-13-36-17)24(25)28-19-18(21(32)22(19)33)27-16-5-4-15(26)23(20(16)31)37(34,35)30-11-9-29(3)10-12-30/h4-5,7,13,18-19,24,27-28,31H,6,8-12H2,1-3H3. The van der Waals surface area contributed by atoms with Gasteiger partial charge in [-0.25, -0.2) is 8.42 Å². The molecule has 200 valence electrons. The Kier molecular flexibility index (Phi) is 6.64. The number of halogens is 1. The lowest BCUT2D eigenvalue weighted by Crippen LogP contribution is -2.68. The summed E-state index contributed by atoms with van der Waals surface area (Å²) in [5.74, 6) is -0.931. The number of fused-ring (bicyclic) bond motifs is 1. The molecule has 1 aliphatic heterocycles. The van der Waals surface area contributed by atoms with Crippen LogP contribution in [0.15, 0.2) is 33.8 Å². The van der Waals surface area contributed by atoms with E-state index in [1.54, 1.807) is 6.26 Å². The second-order valence-corrected chi connectivity index (χ2v) is 13.0. The number of likely N-dealkylation sites (N-methyl/N-ethyl adjacent to an activating group) is 1. The van der Waals surface area contributed by atoms with Crippen molar-refractivity contribution in [2.45, 2.75) is 49.7 Å². The van der Waals surface area contributed by atoms with E-state index in [-0.39, 0.29) is 35.3 Å². The quantitative estimate of drug-likeness (QED) is 0.365. The molecular weight excluding hydrogens is 520 g/mol. The molecule has 3 unspecified atom stereocenters. The lowest BCUT2D eigenvalue weighted by molar-refractivity contribution is -0.146. The molecule has 1 saturated heterocycles. The minimum absolute atomic E-state index is 0.0154. The summed E-state index contributed by atoms with van der Waals surface area (Å²) in [5.41, 5.74) is 0.769. The van der Waals surface area contributed by atoms with Gasteiger partial charge in [-0.1, -0.05) is 25.4 Å². The van der Waals surface area contributed by atoms with Crippen LogP contribution in [0.25, 0.3) is 0 Å². The van der Waals surface area contributed by atoms with Crippen molar-refractivity contribution in [3.63, 3.8) is 0 Å². The van der Waals surface area contributed by atoms with Gasteiger partial charge in [0.2, 0.25) is 21.6 Å². The zero-order valence-corrected chi connectivity index (χ0v) is 22.5. The number of rotatable bonds is 6. The summed E-state index contributed by atoms with van der Waals surface area (Å²) in [6.45, 7) is 5.82. The van der Waals surface area contributed by atoms with E-state index in [4.69, 9.17) is 16.0 Å². The van der Waals surface area contributed by atoms with Gasteiger partial charge >= 0.3 is 0 Å². The van der Waals surface area contributed by atoms with Crippen LogP contribution >= 0.6 is 11.6 Å². The number of Topliss-reactive ketones (excluding diaryl/α,β-unsaturated/α-hetero) is 2. The summed E-state index contributed by atoms with van der Waals surface area (Å²) < 4.78 is 33.6. The summed E-state index contributed by atoms with van der Waals surface area (Å²) in [6.07, 6.45) is 3.25.